The van der Waals surface area contributed by atoms with Crippen LogP contribution in [-0.4, -0.2) is 67.5 Å². The first kappa shape index (κ1) is 20.8. The monoisotopic (exact) mass is 384 g/mol. The summed E-state index contributed by atoms with van der Waals surface area (Å²) in [5.74, 6) is 0.839. The van der Waals surface area contributed by atoms with Crippen molar-refractivity contribution in [3.63, 3.8) is 0 Å². The molecule has 2 aromatic carbocycles. The van der Waals surface area contributed by atoms with E-state index in [-0.39, 0.29) is 0 Å². The summed E-state index contributed by atoms with van der Waals surface area (Å²) < 4.78 is 10.9. The van der Waals surface area contributed by atoms with Gasteiger partial charge in [-0.1, -0.05) is 42.5 Å². The Labute approximate surface area is 168 Å². The highest BCUT2D eigenvalue weighted by Crippen LogP contribution is 2.12. The Kier molecular flexibility index (Phi) is 8.30. The Bertz CT molecular complexity index is 678. The zero-order valence-corrected chi connectivity index (χ0v) is 16.8. The fourth-order valence-electron chi connectivity index (χ4n) is 3.59. The van der Waals surface area contributed by atoms with Gasteiger partial charge in [0.25, 0.3) is 0 Å². The zero-order valence-electron chi connectivity index (χ0n) is 16.8. The fourth-order valence-corrected chi connectivity index (χ4v) is 3.59. The van der Waals surface area contributed by atoms with Gasteiger partial charge in [0.1, 0.15) is 5.75 Å². The number of aliphatic hydroxyl groups is 1. The molecule has 1 aliphatic heterocycles. The van der Waals surface area contributed by atoms with E-state index in [1.54, 1.807) is 7.11 Å². The standard InChI is InChI=1S/C23H32N2O3/c1-27-23-10-8-21(9-11-23)18-28-19-22(26)17-25-13-5-12-24(14-15-25)16-20-6-3-2-4-7-20/h2-4,6-11,22,26H,5,12-19H2,1H3. The van der Waals surface area contributed by atoms with E-state index in [0.717, 1.165) is 50.5 Å². The molecule has 28 heavy (non-hydrogen) atoms. The molecule has 5 heteroatoms. The van der Waals surface area contributed by atoms with Crippen molar-refractivity contribution in [1.29, 1.82) is 0 Å². The molecule has 0 bridgehead atoms. The van der Waals surface area contributed by atoms with Crippen molar-refractivity contribution in [2.45, 2.75) is 25.7 Å². The molecule has 5 nitrogen and oxygen atoms in total. The van der Waals surface area contributed by atoms with E-state index in [9.17, 15) is 5.11 Å². The number of ether oxygens (including phenoxy) is 2. The van der Waals surface area contributed by atoms with Crippen molar-refractivity contribution in [3.8, 4) is 5.75 Å². The summed E-state index contributed by atoms with van der Waals surface area (Å²) in [5.41, 5.74) is 2.45. The lowest BCUT2D eigenvalue weighted by atomic mass is 10.2. The number of aliphatic hydroxyl groups excluding tert-OH is 1. The van der Waals surface area contributed by atoms with Crippen LogP contribution in [0.5, 0.6) is 5.75 Å². The number of rotatable bonds is 9. The van der Waals surface area contributed by atoms with Crippen LogP contribution in [0, 0.1) is 0 Å². The van der Waals surface area contributed by atoms with Crippen LogP contribution in [0.25, 0.3) is 0 Å². The number of hydrogen-bond acceptors (Lipinski definition) is 5. The van der Waals surface area contributed by atoms with Crippen molar-refractivity contribution < 1.29 is 14.6 Å². The van der Waals surface area contributed by atoms with Crippen molar-refractivity contribution in [2.75, 3.05) is 46.4 Å². The molecule has 0 aromatic heterocycles. The number of nitrogens with zero attached hydrogens (tertiary/aromatic N) is 2. The number of hydrogen-bond donors (Lipinski definition) is 1. The Hall–Kier alpha value is -1.92. The third kappa shape index (κ3) is 6.91. The molecule has 0 aliphatic carbocycles. The zero-order chi connectivity index (χ0) is 19.6. The van der Waals surface area contributed by atoms with Gasteiger partial charge in [-0.3, -0.25) is 9.80 Å². The second-order valence-corrected chi connectivity index (χ2v) is 7.43. The Morgan fingerprint density at radius 2 is 1.61 bits per heavy atom. The first-order valence-electron chi connectivity index (χ1n) is 10.1. The normalized spacial score (nSPS) is 17.2. The summed E-state index contributed by atoms with van der Waals surface area (Å²) in [5, 5.41) is 10.4. The van der Waals surface area contributed by atoms with Crippen LogP contribution >= 0.6 is 0 Å². The topological polar surface area (TPSA) is 45.2 Å². The number of methoxy groups -OCH3 is 1. The van der Waals surface area contributed by atoms with Gasteiger partial charge in [-0.05, 0) is 42.8 Å². The molecule has 3 rings (SSSR count). The van der Waals surface area contributed by atoms with Crippen molar-refractivity contribution in [3.05, 3.63) is 65.7 Å². The molecule has 0 saturated carbocycles. The summed E-state index contributed by atoms with van der Waals surface area (Å²) in [6, 6.07) is 18.5. The van der Waals surface area contributed by atoms with Gasteiger partial charge in [0.2, 0.25) is 0 Å². The lowest BCUT2D eigenvalue weighted by Crippen LogP contribution is -2.37. The van der Waals surface area contributed by atoms with Crippen LogP contribution in [0.3, 0.4) is 0 Å². The molecular formula is C23H32N2O3. The molecule has 0 spiro atoms. The van der Waals surface area contributed by atoms with E-state index in [2.05, 4.69) is 40.1 Å². The number of β-amino-alcohol motifs (C(OH)–C–C–N with tert-alkyl or cyclic N) is 1. The van der Waals surface area contributed by atoms with Crippen LogP contribution in [-0.2, 0) is 17.9 Å². The molecule has 152 valence electrons. The summed E-state index contributed by atoms with van der Waals surface area (Å²) in [4.78, 5) is 4.86. The number of benzene rings is 2. The molecule has 1 saturated heterocycles. The van der Waals surface area contributed by atoms with Crippen LogP contribution in [0.4, 0.5) is 0 Å². The first-order valence-corrected chi connectivity index (χ1v) is 10.1. The third-order valence-corrected chi connectivity index (χ3v) is 5.14. The van der Waals surface area contributed by atoms with E-state index < -0.39 is 6.10 Å². The van der Waals surface area contributed by atoms with Gasteiger partial charge in [0.05, 0.1) is 26.4 Å². The smallest absolute Gasteiger partial charge is 0.118 e. The lowest BCUT2D eigenvalue weighted by molar-refractivity contribution is 0.0105. The summed E-state index contributed by atoms with van der Waals surface area (Å²) in [7, 11) is 1.66. The predicted octanol–water partition coefficient (Wildman–Crippen LogP) is 2.78. The first-order chi connectivity index (χ1) is 13.7. The van der Waals surface area contributed by atoms with E-state index in [1.165, 1.54) is 5.56 Å². The Balaban J connectivity index is 1.35. The molecule has 1 heterocycles. The molecule has 2 aromatic rings. The maximum Gasteiger partial charge on any atom is 0.118 e. The van der Waals surface area contributed by atoms with Crippen LogP contribution in [0.2, 0.25) is 0 Å². The second-order valence-electron chi connectivity index (χ2n) is 7.43. The van der Waals surface area contributed by atoms with E-state index >= 15 is 0 Å². The van der Waals surface area contributed by atoms with Crippen LogP contribution in [0.1, 0.15) is 17.5 Å². The maximum atomic E-state index is 10.4. The molecule has 1 fully saturated rings. The minimum Gasteiger partial charge on any atom is -0.497 e. The van der Waals surface area contributed by atoms with Gasteiger partial charge >= 0.3 is 0 Å². The quantitative estimate of drug-likeness (QED) is 0.720. The molecular weight excluding hydrogens is 352 g/mol. The van der Waals surface area contributed by atoms with Gasteiger partial charge in [0, 0.05) is 26.2 Å². The lowest BCUT2D eigenvalue weighted by Gasteiger charge is -2.24. The fraction of sp³-hybridized carbons (Fsp3) is 0.478. The second kappa shape index (κ2) is 11.2. The summed E-state index contributed by atoms with van der Waals surface area (Å²) >= 11 is 0. The average Bonchev–Trinajstić information content (AvgIpc) is 2.94. The molecule has 1 atom stereocenters. The van der Waals surface area contributed by atoms with Crippen molar-refractivity contribution in [1.82, 2.24) is 9.80 Å². The highest BCUT2D eigenvalue weighted by molar-refractivity contribution is 5.26. The SMILES string of the molecule is COc1ccc(COCC(O)CN2CCCN(Cc3ccccc3)CC2)cc1. The van der Waals surface area contributed by atoms with Crippen LogP contribution < -0.4 is 4.74 Å². The largest absolute Gasteiger partial charge is 0.497 e. The Morgan fingerprint density at radius 3 is 2.36 bits per heavy atom. The molecule has 1 unspecified atom stereocenters. The van der Waals surface area contributed by atoms with Gasteiger partial charge in [0.15, 0.2) is 0 Å². The van der Waals surface area contributed by atoms with Gasteiger partial charge < -0.3 is 14.6 Å². The van der Waals surface area contributed by atoms with E-state index in [4.69, 9.17) is 9.47 Å². The van der Waals surface area contributed by atoms with E-state index in [1.807, 2.05) is 24.3 Å². The minimum absolute atomic E-state index is 0.357. The predicted molar refractivity (Wildman–Crippen MR) is 111 cm³/mol. The van der Waals surface area contributed by atoms with Crippen molar-refractivity contribution >= 4 is 0 Å². The van der Waals surface area contributed by atoms with Gasteiger partial charge in [-0.2, -0.15) is 0 Å². The molecule has 1 N–H and O–H groups in total. The Morgan fingerprint density at radius 1 is 0.893 bits per heavy atom. The highest BCUT2D eigenvalue weighted by Gasteiger charge is 2.17. The minimum atomic E-state index is -0.459. The molecule has 0 radical (unpaired) electrons. The van der Waals surface area contributed by atoms with Gasteiger partial charge in [-0.25, -0.2) is 0 Å². The molecule has 0 amide bonds. The maximum absolute atomic E-state index is 10.4. The highest BCUT2D eigenvalue weighted by atomic mass is 16.5. The third-order valence-electron chi connectivity index (χ3n) is 5.14. The average molecular weight is 385 g/mol. The van der Waals surface area contributed by atoms with Crippen LogP contribution in [0.15, 0.2) is 54.6 Å². The molecule has 1 aliphatic rings. The summed E-state index contributed by atoms with van der Waals surface area (Å²) in [6.07, 6.45) is 0.672. The van der Waals surface area contributed by atoms with Gasteiger partial charge in [-0.15, -0.1) is 0 Å². The van der Waals surface area contributed by atoms with E-state index in [0.29, 0.717) is 19.8 Å². The van der Waals surface area contributed by atoms with Crippen molar-refractivity contribution in [2.24, 2.45) is 0 Å². The summed E-state index contributed by atoms with van der Waals surface area (Å²) in [6.45, 7) is 6.69.